The Morgan fingerprint density at radius 3 is 2.06 bits per heavy atom. The summed E-state index contributed by atoms with van der Waals surface area (Å²) in [6.45, 7) is 13.3. The van der Waals surface area contributed by atoms with Crippen LogP contribution in [0, 0.1) is 22.7 Å². The van der Waals surface area contributed by atoms with E-state index < -0.39 is 0 Å². The molecule has 0 amide bonds. The van der Waals surface area contributed by atoms with Gasteiger partial charge in [0.1, 0.15) is 0 Å². The number of hydrogen-bond donors (Lipinski definition) is 1. The third-order valence-corrected chi connectivity index (χ3v) is 6.25. The molecule has 2 fully saturated rings. The van der Waals surface area contributed by atoms with Crippen LogP contribution in [-0.2, 0) is 0 Å². The van der Waals surface area contributed by atoms with Gasteiger partial charge in [0.2, 0.25) is 0 Å². The van der Waals surface area contributed by atoms with Gasteiger partial charge in [0.15, 0.2) is 0 Å². The number of nitrogens with one attached hydrogen (secondary N) is 1. The molecule has 0 saturated heterocycles. The standard InChI is InChI=1S/C17H33N/c1-6-11-18-14(12-13-9-7-8-10-13)15-16(2,3)17(15,4)5/h13-15,18H,6-12H2,1-5H3. The van der Waals surface area contributed by atoms with Crippen molar-refractivity contribution < 1.29 is 0 Å². The molecule has 0 aromatic heterocycles. The number of hydrogen-bond acceptors (Lipinski definition) is 1. The van der Waals surface area contributed by atoms with E-state index in [0.717, 1.165) is 17.9 Å². The molecule has 0 spiro atoms. The molecule has 1 unspecified atom stereocenters. The van der Waals surface area contributed by atoms with Gasteiger partial charge in [0.25, 0.3) is 0 Å². The Balaban J connectivity index is 1.97. The molecule has 18 heavy (non-hydrogen) atoms. The Kier molecular flexibility index (Phi) is 4.11. The van der Waals surface area contributed by atoms with Gasteiger partial charge in [-0.05, 0) is 42.1 Å². The van der Waals surface area contributed by atoms with E-state index in [9.17, 15) is 0 Å². The van der Waals surface area contributed by atoms with Crippen LogP contribution in [0.4, 0.5) is 0 Å². The topological polar surface area (TPSA) is 12.0 Å². The molecule has 2 aliphatic rings. The van der Waals surface area contributed by atoms with E-state index in [4.69, 9.17) is 0 Å². The second-order valence-electron chi connectivity index (χ2n) is 7.87. The second-order valence-corrected chi connectivity index (χ2v) is 7.87. The summed E-state index contributed by atoms with van der Waals surface area (Å²) < 4.78 is 0. The first-order valence-electron chi connectivity index (χ1n) is 8.14. The van der Waals surface area contributed by atoms with Crippen molar-refractivity contribution in [3.05, 3.63) is 0 Å². The van der Waals surface area contributed by atoms with Crippen molar-refractivity contribution in [2.75, 3.05) is 6.54 Å². The summed E-state index contributed by atoms with van der Waals surface area (Å²) in [5.74, 6) is 1.88. The average molecular weight is 251 g/mol. The molecule has 0 aromatic rings. The second kappa shape index (κ2) is 5.15. The zero-order chi connectivity index (χ0) is 13.4. The lowest BCUT2D eigenvalue weighted by Gasteiger charge is -2.24. The molecular formula is C17H33N. The predicted molar refractivity (Wildman–Crippen MR) is 79.7 cm³/mol. The Morgan fingerprint density at radius 1 is 1.06 bits per heavy atom. The normalized spacial score (nSPS) is 28.5. The van der Waals surface area contributed by atoms with Gasteiger partial charge in [-0.25, -0.2) is 0 Å². The average Bonchev–Trinajstić information content (AvgIpc) is 2.70. The monoisotopic (exact) mass is 251 g/mol. The molecule has 1 nitrogen and oxygen atoms in total. The lowest BCUT2D eigenvalue weighted by Crippen LogP contribution is -2.35. The fourth-order valence-electron chi connectivity index (χ4n) is 4.53. The molecule has 1 heteroatoms. The van der Waals surface area contributed by atoms with Gasteiger partial charge in [-0.15, -0.1) is 0 Å². The highest BCUT2D eigenvalue weighted by Gasteiger charge is 2.66. The summed E-state index contributed by atoms with van der Waals surface area (Å²) in [7, 11) is 0. The maximum atomic E-state index is 3.87. The largest absolute Gasteiger partial charge is 0.314 e. The van der Waals surface area contributed by atoms with E-state index >= 15 is 0 Å². The van der Waals surface area contributed by atoms with Gasteiger partial charge in [-0.2, -0.15) is 0 Å². The Morgan fingerprint density at radius 2 is 1.61 bits per heavy atom. The molecule has 0 bridgehead atoms. The first kappa shape index (κ1) is 14.4. The van der Waals surface area contributed by atoms with E-state index in [1.165, 1.54) is 45.1 Å². The highest BCUT2D eigenvalue weighted by Crippen LogP contribution is 2.70. The van der Waals surface area contributed by atoms with Crippen LogP contribution in [0.15, 0.2) is 0 Å². The SMILES string of the molecule is CCCNC(CC1CCCC1)C1C(C)(C)C1(C)C. The summed E-state index contributed by atoms with van der Waals surface area (Å²) in [5, 5.41) is 3.87. The first-order valence-corrected chi connectivity index (χ1v) is 8.14. The van der Waals surface area contributed by atoms with Crippen molar-refractivity contribution in [2.45, 2.75) is 79.2 Å². The minimum atomic E-state index is 0.525. The van der Waals surface area contributed by atoms with Gasteiger partial charge >= 0.3 is 0 Å². The van der Waals surface area contributed by atoms with Crippen LogP contribution in [0.1, 0.15) is 73.1 Å². The minimum absolute atomic E-state index is 0.525. The molecule has 0 radical (unpaired) electrons. The highest BCUT2D eigenvalue weighted by atomic mass is 15.0. The summed E-state index contributed by atoms with van der Waals surface area (Å²) in [4.78, 5) is 0. The fourth-order valence-corrected chi connectivity index (χ4v) is 4.53. The van der Waals surface area contributed by atoms with Gasteiger partial charge in [-0.1, -0.05) is 60.3 Å². The van der Waals surface area contributed by atoms with Crippen molar-refractivity contribution in [2.24, 2.45) is 22.7 Å². The van der Waals surface area contributed by atoms with E-state index in [-0.39, 0.29) is 0 Å². The zero-order valence-electron chi connectivity index (χ0n) is 13.2. The molecule has 1 atom stereocenters. The molecule has 0 heterocycles. The highest BCUT2D eigenvalue weighted by molar-refractivity contribution is 5.16. The third-order valence-electron chi connectivity index (χ3n) is 6.25. The van der Waals surface area contributed by atoms with E-state index in [1.807, 2.05) is 0 Å². The fraction of sp³-hybridized carbons (Fsp3) is 1.00. The van der Waals surface area contributed by atoms with Crippen molar-refractivity contribution in [1.29, 1.82) is 0 Å². The first-order chi connectivity index (χ1) is 8.41. The Bertz CT molecular complexity index is 259. The molecule has 0 aliphatic heterocycles. The van der Waals surface area contributed by atoms with Crippen LogP contribution in [0.25, 0.3) is 0 Å². The van der Waals surface area contributed by atoms with Crippen molar-refractivity contribution >= 4 is 0 Å². The van der Waals surface area contributed by atoms with Crippen LogP contribution in [-0.4, -0.2) is 12.6 Å². The molecule has 2 rings (SSSR count). The van der Waals surface area contributed by atoms with Gasteiger partial charge in [0.05, 0.1) is 0 Å². The maximum Gasteiger partial charge on any atom is 0.0109 e. The molecule has 1 N–H and O–H groups in total. The summed E-state index contributed by atoms with van der Waals surface area (Å²) in [6.07, 6.45) is 8.60. The maximum absolute atomic E-state index is 3.87. The van der Waals surface area contributed by atoms with Gasteiger partial charge < -0.3 is 5.32 Å². The van der Waals surface area contributed by atoms with Crippen molar-refractivity contribution in [1.82, 2.24) is 5.32 Å². The van der Waals surface area contributed by atoms with Gasteiger partial charge in [0, 0.05) is 6.04 Å². The summed E-state index contributed by atoms with van der Waals surface area (Å²) >= 11 is 0. The quantitative estimate of drug-likeness (QED) is 0.726. The summed E-state index contributed by atoms with van der Waals surface area (Å²) in [5.41, 5.74) is 1.05. The molecule has 2 saturated carbocycles. The smallest absolute Gasteiger partial charge is 0.0109 e. The van der Waals surface area contributed by atoms with E-state index in [1.54, 1.807) is 0 Å². The summed E-state index contributed by atoms with van der Waals surface area (Å²) in [6, 6.07) is 0.762. The van der Waals surface area contributed by atoms with Crippen LogP contribution in [0.5, 0.6) is 0 Å². The van der Waals surface area contributed by atoms with Gasteiger partial charge in [-0.3, -0.25) is 0 Å². The lowest BCUT2D eigenvalue weighted by atomic mass is 9.92. The minimum Gasteiger partial charge on any atom is -0.314 e. The molecule has 106 valence electrons. The Labute approximate surface area is 114 Å². The zero-order valence-corrected chi connectivity index (χ0v) is 13.2. The van der Waals surface area contributed by atoms with Crippen LogP contribution < -0.4 is 5.32 Å². The predicted octanol–water partition coefficient (Wildman–Crippen LogP) is 4.62. The lowest BCUT2D eigenvalue weighted by molar-refractivity contribution is 0.322. The van der Waals surface area contributed by atoms with Crippen LogP contribution in [0.2, 0.25) is 0 Å². The molecule has 2 aliphatic carbocycles. The van der Waals surface area contributed by atoms with Crippen molar-refractivity contribution in [3.8, 4) is 0 Å². The van der Waals surface area contributed by atoms with E-state index in [2.05, 4.69) is 39.9 Å². The van der Waals surface area contributed by atoms with E-state index in [0.29, 0.717) is 10.8 Å². The van der Waals surface area contributed by atoms with Crippen LogP contribution in [0.3, 0.4) is 0 Å². The molecule has 0 aromatic carbocycles. The van der Waals surface area contributed by atoms with Crippen LogP contribution >= 0.6 is 0 Å². The Hall–Kier alpha value is -0.0400. The number of rotatable bonds is 6. The van der Waals surface area contributed by atoms with Crippen molar-refractivity contribution in [3.63, 3.8) is 0 Å². The molecular weight excluding hydrogens is 218 g/mol. The third kappa shape index (κ3) is 2.48.